The number of carbonyl (C=O) groups is 1. The number of sulfone groups is 1. The van der Waals surface area contributed by atoms with E-state index in [1.807, 2.05) is 0 Å². The summed E-state index contributed by atoms with van der Waals surface area (Å²) in [7, 11) is -3.70. The number of anilines is 1. The molecule has 0 bridgehead atoms. The molecule has 1 amide bonds. The highest BCUT2D eigenvalue weighted by Gasteiger charge is 2.83. The van der Waals surface area contributed by atoms with Gasteiger partial charge in [-0.1, -0.05) is 11.3 Å². The lowest BCUT2D eigenvalue weighted by Crippen LogP contribution is -2.64. The minimum Gasteiger partial charge on any atom is -0.296 e. The van der Waals surface area contributed by atoms with E-state index in [0.717, 1.165) is 29.8 Å². The van der Waals surface area contributed by atoms with Crippen LogP contribution in [0, 0.1) is 0 Å². The fourth-order valence-corrected chi connectivity index (χ4v) is 3.50. The second kappa shape index (κ2) is 6.72. The molecule has 0 atom stereocenters. The lowest BCUT2D eigenvalue weighted by Gasteiger charge is -2.32. The van der Waals surface area contributed by atoms with Gasteiger partial charge in [-0.3, -0.25) is 10.1 Å². The number of amides is 1. The Hall–Kier alpha value is -2.10. The van der Waals surface area contributed by atoms with Gasteiger partial charge in [0.1, 0.15) is 0 Å². The zero-order chi connectivity index (χ0) is 22.6. The number of aromatic nitrogens is 1. The van der Waals surface area contributed by atoms with Gasteiger partial charge >= 0.3 is 29.9 Å². The number of hydrogen-bond acceptors (Lipinski definition) is 5. The van der Waals surface area contributed by atoms with Crippen LogP contribution in [0.4, 0.5) is 44.6 Å². The Labute approximate surface area is 159 Å². The number of nitrogens with one attached hydrogen (secondary N) is 1. The summed E-state index contributed by atoms with van der Waals surface area (Å²) in [5.74, 6) is -23.9. The molecular weight excluding hydrogens is 467 g/mol. The van der Waals surface area contributed by atoms with Crippen LogP contribution in [0.15, 0.2) is 23.1 Å². The monoisotopic (exact) mass is 474 g/mol. The van der Waals surface area contributed by atoms with Gasteiger partial charge in [0.25, 0.3) is 0 Å². The number of rotatable bonds is 5. The molecule has 0 aliphatic rings. The summed E-state index contributed by atoms with van der Waals surface area (Å²) in [5, 5.41) is 0.188. The lowest BCUT2D eigenvalue weighted by molar-refractivity contribution is -0.388. The maximum atomic E-state index is 13.5. The summed E-state index contributed by atoms with van der Waals surface area (Å²) >= 11 is 0.300. The largest absolute Gasteiger partial charge is 0.460 e. The van der Waals surface area contributed by atoms with Crippen LogP contribution in [0.25, 0.3) is 10.2 Å². The van der Waals surface area contributed by atoms with Crippen molar-refractivity contribution in [2.75, 3.05) is 11.6 Å². The molecule has 162 valence electrons. The molecule has 0 spiro atoms. The van der Waals surface area contributed by atoms with Crippen LogP contribution in [0.2, 0.25) is 0 Å². The van der Waals surface area contributed by atoms with Gasteiger partial charge in [-0.15, -0.1) is 0 Å². The molecule has 0 fully saturated rings. The number of thiazole rings is 1. The van der Waals surface area contributed by atoms with Crippen LogP contribution in [-0.2, 0) is 14.6 Å². The van der Waals surface area contributed by atoms with E-state index < -0.39 is 44.8 Å². The molecule has 0 aliphatic carbocycles. The van der Waals surface area contributed by atoms with Crippen LogP contribution >= 0.6 is 11.3 Å². The van der Waals surface area contributed by atoms with E-state index in [9.17, 15) is 52.7 Å². The van der Waals surface area contributed by atoms with Crippen molar-refractivity contribution in [3.63, 3.8) is 0 Å². The van der Waals surface area contributed by atoms with Crippen LogP contribution in [0.1, 0.15) is 0 Å². The van der Waals surface area contributed by atoms with Gasteiger partial charge in [0, 0.05) is 6.26 Å². The molecular formula is C13H7F9N2O3S2. The zero-order valence-corrected chi connectivity index (χ0v) is 15.3. The normalized spacial score (nSPS) is 14.3. The van der Waals surface area contributed by atoms with Crippen molar-refractivity contribution >= 4 is 42.4 Å². The molecule has 2 aromatic rings. The fourth-order valence-electron chi connectivity index (χ4n) is 1.88. The molecule has 1 N–H and O–H groups in total. The van der Waals surface area contributed by atoms with Gasteiger partial charge in [0.05, 0.1) is 15.1 Å². The molecule has 0 radical (unpaired) electrons. The van der Waals surface area contributed by atoms with Crippen molar-refractivity contribution in [1.82, 2.24) is 4.98 Å². The molecule has 0 unspecified atom stereocenters. The molecule has 1 aromatic heterocycles. The van der Waals surface area contributed by atoms with Gasteiger partial charge in [0.15, 0.2) is 15.0 Å². The Balaban J connectivity index is 2.37. The van der Waals surface area contributed by atoms with Crippen LogP contribution in [0.3, 0.4) is 0 Å². The third-order valence-electron chi connectivity index (χ3n) is 3.44. The smallest absolute Gasteiger partial charge is 0.296 e. The van der Waals surface area contributed by atoms with Crippen LogP contribution < -0.4 is 5.32 Å². The molecule has 1 aromatic carbocycles. The van der Waals surface area contributed by atoms with Gasteiger partial charge in [-0.2, -0.15) is 39.5 Å². The minimum absolute atomic E-state index is 0.0288. The Morgan fingerprint density at radius 2 is 1.55 bits per heavy atom. The summed E-state index contributed by atoms with van der Waals surface area (Å²) in [4.78, 5) is 14.6. The number of hydrogen-bond donors (Lipinski definition) is 1. The first-order valence-corrected chi connectivity index (χ1v) is 9.65. The van der Waals surface area contributed by atoms with E-state index in [1.165, 1.54) is 0 Å². The maximum absolute atomic E-state index is 13.5. The van der Waals surface area contributed by atoms with Crippen molar-refractivity contribution in [2.24, 2.45) is 0 Å². The van der Waals surface area contributed by atoms with Gasteiger partial charge in [-0.05, 0) is 18.2 Å². The Kier molecular flexibility index (Phi) is 5.37. The summed E-state index contributed by atoms with van der Waals surface area (Å²) < 4.78 is 138. The average Bonchev–Trinajstić information content (AvgIpc) is 2.93. The SMILES string of the molecule is CS(=O)(=O)c1ccc2nc(NC(=O)C(F)(F)C(F)(F)C(F)(F)C(F)(F)F)sc2c1. The molecule has 2 rings (SSSR count). The summed E-state index contributed by atoms with van der Waals surface area (Å²) in [6.07, 6.45) is -6.22. The number of alkyl halides is 9. The van der Waals surface area contributed by atoms with Crippen molar-refractivity contribution in [3.05, 3.63) is 18.2 Å². The van der Waals surface area contributed by atoms with Gasteiger partial charge in [0.2, 0.25) is 0 Å². The van der Waals surface area contributed by atoms with E-state index in [1.54, 1.807) is 0 Å². The summed E-state index contributed by atoms with van der Waals surface area (Å²) in [6.45, 7) is 0. The van der Waals surface area contributed by atoms with E-state index >= 15 is 0 Å². The van der Waals surface area contributed by atoms with Crippen LogP contribution in [-0.4, -0.2) is 49.5 Å². The second-order valence-electron chi connectivity index (χ2n) is 5.60. The predicted molar refractivity (Wildman–Crippen MR) is 82.3 cm³/mol. The van der Waals surface area contributed by atoms with E-state index in [0.29, 0.717) is 11.3 Å². The Morgan fingerprint density at radius 3 is 2.03 bits per heavy atom. The molecule has 1 heterocycles. The first-order valence-electron chi connectivity index (χ1n) is 6.94. The molecule has 29 heavy (non-hydrogen) atoms. The number of halogens is 9. The average molecular weight is 474 g/mol. The fraction of sp³-hybridized carbons (Fsp3) is 0.385. The topological polar surface area (TPSA) is 76.1 Å². The van der Waals surface area contributed by atoms with Crippen molar-refractivity contribution in [3.8, 4) is 0 Å². The predicted octanol–water partition coefficient (Wildman–Crippen LogP) is 4.11. The Morgan fingerprint density at radius 1 is 1.00 bits per heavy atom. The maximum Gasteiger partial charge on any atom is 0.460 e. The number of carbonyl (C=O) groups excluding carboxylic acids is 1. The summed E-state index contributed by atoms with van der Waals surface area (Å²) in [5.41, 5.74) is -0.0894. The highest BCUT2D eigenvalue weighted by Crippen LogP contribution is 2.53. The highest BCUT2D eigenvalue weighted by atomic mass is 32.2. The summed E-state index contributed by atoms with van der Waals surface area (Å²) in [6, 6.07) is 3.13. The molecule has 0 saturated carbocycles. The van der Waals surface area contributed by atoms with Crippen molar-refractivity contribution in [1.29, 1.82) is 0 Å². The molecule has 0 aliphatic heterocycles. The number of nitrogens with zero attached hydrogens (tertiary/aromatic N) is 1. The van der Waals surface area contributed by atoms with Crippen molar-refractivity contribution < 1.29 is 52.7 Å². The van der Waals surface area contributed by atoms with E-state index in [4.69, 9.17) is 0 Å². The quantitative estimate of drug-likeness (QED) is 0.663. The number of benzene rings is 1. The first-order chi connectivity index (χ1) is 12.8. The van der Waals surface area contributed by atoms with E-state index in [2.05, 4.69) is 4.98 Å². The lowest BCUT2D eigenvalue weighted by atomic mass is 10.0. The Bertz CT molecular complexity index is 1060. The van der Waals surface area contributed by atoms with Crippen LogP contribution in [0.5, 0.6) is 0 Å². The standard InChI is InChI=1S/C13H7F9N2O3S2/c1-29(26,27)5-2-3-6-7(4-5)28-9(23-6)24-8(25)10(14,15)11(16,17)12(18,19)13(20,21)22/h2-4H,1H3,(H,23,24,25). The highest BCUT2D eigenvalue weighted by molar-refractivity contribution is 7.90. The number of fused-ring (bicyclic) bond motifs is 1. The van der Waals surface area contributed by atoms with Gasteiger partial charge < -0.3 is 0 Å². The minimum atomic E-state index is -7.21. The van der Waals surface area contributed by atoms with E-state index in [-0.39, 0.29) is 15.1 Å². The second-order valence-corrected chi connectivity index (χ2v) is 8.64. The van der Waals surface area contributed by atoms with Gasteiger partial charge in [-0.25, -0.2) is 13.4 Å². The third-order valence-corrected chi connectivity index (χ3v) is 5.48. The molecule has 0 saturated heterocycles. The first kappa shape index (κ1) is 23.2. The molecule has 16 heteroatoms. The molecule has 5 nitrogen and oxygen atoms in total. The zero-order valence-electron chi connectivity index (χ0n) is 13.6. The third kappa shape index (κ3) is 3.86. The van der Waals surface area contributed by atoms with Crippen molar-refractivity contribution in [2.45, 2.75) is 28.8 Å².